The van der Waals surface area contributed by atoms with E-state index in [1.54, 1.807) is 6.07 Å². The smallest absolute Gasteiger partial charge is 0.272 e. The Morgan fingerprint density at radius 1 is 1.26 bits per heavy atom. The zero-order valence-electron chi connectivity index (χ0n) is 18.6. The van der Waals surface area contributed by atoms with Gasteiger partial charge in [-0.15, -0.1) is 0 Å². The Kier molecular flexibility index (Phi) is 6.71. The van der Waals surface area contributed by atoms with Gasteiger partial charge in [-0.25, -0.2) is 9.37 Å². The average molecular weight is 450 g/mol. The standard InChI is InChI=1S/C22H29ClFN5O2/c1-22(2,3)18(21(31)25-4)27-20(30)17-16-12-28(5)9-6-10-29(16)19(26-17)13-7-8-14(23)15(24)11-13/h7-8,11,18H,6,9-10,12H2,1-5H3,(H,25,31)(H,27,30). The second kappa shape index (κ2) is 8.96. The van der Waals surface area contributed by atoms with E-state index < -0.39 is 23.2 Å². The summed E-state index contributed by atoms with van der Waals surface area (Å²) in [7, 11) is 3.52. The number of carbonyl (C=O) groups excluding carboxylic acids is 2. The van der Waals surface area contributed by atoms with E-state index in [4.69, 9.17) is 11.6 Å². The Hall–Kier alpha value is -2.45. The van der Waals surface area contributed by atoms with E-state index >= 15 is 0 Å². The van der Waals surface area contributed by atoms with Crippen LogP contribution in [-0.4, -0.2) is 52.9 Å². The molecule has 0 saturated carbocycles. The Bertz CT molecular complexity index is 999. The van der Waals surface area contributed by atoms with Crippen molar-refractivity contribution in [1.82, 2.24) is 25.1 Å². The number of nitrogens with one attached hydrogen (secondary N) is 2. The van der Waals surface area contributed by atoms with Gasteiger partial charge in [0.2, 0.25) is 5.91 Å². The molecule has 0 bridgehead atoms. The minimum absolute atomic E-state index is 0.0303. The Morgan fingerprint density at radius 2 is 1.97 bits per heavy atom. The molecule has 1 aromatic carbocycles. The lowest BCUT2D eigenvalue weighted by Gasteiger charge is -2.29. The topological polar surface area (TPSA) is 79.3 Å². The number of nitrogens with zero attached hydrogens (tertiary/aromatic N) is 3. The number of aromatic nitrogens is 2. The molecule has 3 rings (SSSR count). The fourth-order valence-electron chi connectivity index (χ4n) is 3.78. The number of imidazole rings is 1. The number of hydrogen-bond acceptors (Lipinski definition) is 4. The van der Waals surface area contributed by atoms with E-state index in [9.17, 15) is 14.0 Å². The summed E-state index contributed by atoms with van der Waals surface area (Å²) in [6.45, 7) is 7.69. The van der Waals surface area contributed by atoms with Gasteiger partial charge in [0, 0.05) is 25.7 Å². The highest BCUT2D eigenvalue weighted by molar-refractivity contribution is 6.30. The van der Waals surface area contributed by atoms with E-state index in [2.05, 4.69) is 20.5 Å². The van der Waals surface area contributed by atoms with Crippen molar-refractivity contribution in [2.24, 2.45) is 5.41 Å². The molecule has 0 radical (unpaired) electrons. The maximum atomic E-state index is 14.1. The maximum absolute atomic E-state index is 14.1. The number of fused-ring (bicyclic) bond motifs is 1. The second-order valence-corrected chi connectivity index (χ2v) is 9.40. The van der Waals surface area contributed by atoms with Crippen LogP contribution in [0.4, 0.5) is 4.39 Å². The van der Waals surface area contributed by atoms with Crippen LogP contribution in [0.5, 0.6) is 0 Å². The van der Waals surface area contributed by atoms with E-state index in [0.29, 0.717) is 24.5 Å². The van der Waals surface area contributed by atoms with Crippen molar-refractivity contribution in [2.45, 2.75) is 46.3 Å². The molecule has 2 heterocycles. The normalized spacial score (nSPS) is 15.7. The average Bonchev–Trinajstić information content (AvgIpc) is 2.93. The van der Waals surface area contributed by atoms with Crippen LogP contribution in [0.1, 0.15) is 43.4 Å². The number of hydrogen-bond donors (Lipinski definition) is 2. The van der Waals surface area contributed by atoms with Gasteiger partial charge in [0.1, 0.15) is 17.7 Å². The van der Waals surface area contributed by atoms with Crippen LogP contribution in [0.3, 0.4) is 0 Å². The van der Waals surface area contributed by atoms with Crippen molar-refractivity contribution in [3.05, 3.63) is 40.4 Å². The van der Waals surface area contributed by atoms with Crippen molar-refractivity contribution < 1.29 is 14.0 Å². The molecule has 0 fully saturated rings. The molecule has 1 aliphatic rings. The quantitative estimate of drug-likeness (QED) is 0.751. The van der Waals surface area contributed by atoms with E-state index in [1.807, 2.05) is 32.4 Å². The molecule has 1 aliphatic heterocycles. The first-order valence-electron chi connectivity index (χ1n) is 10.3. The van der Waals surface area contributed by atoms with Crippen LogP contribution in [0.25, 0.3) is 11.4 Å². The van der Waals surface area contributed by atoms with Crippen LogP contribution in [0.15, 0.2) is 18.2 Å². The summed E-state index contributed by atoms with van der Waals surface area (Å²) >= 11 is 5.84. The number of carbonyl (C=O) groups is 2. The molecule has 1 atom stereocenters. The molecule has 9 heteroatoms. The van der Waals surface area contributed by atoms with Gasteiger partial charge in [-0.05, 0) is 43.6 Å². The SMILES string of the molecule is CNC(=O)C(NC(=O)c1nc(-c2ccc(Cl)c(F)c2)n2c1CN(C)CCC2)C(C)(C)C. The summed E-state index contributed by atoms with van der Waals surface area (Å²) in [4.78, 5) is 32.4. The van der Waals surface area contributed by atoms with Gasteiger partial charge in [0.15, 0.2) is 5.69 Å². The lowest BCUT2D eigenvalue weighted by Crippen LogP contribution is -2.53. The van der Waals surface area contributed by atoms with E-state index in [1.165, 1.54) is 19.2 Å². The fraction of sp³-hybridized carbons (Fsp3) is 0.500. The Labute approximate surface area is 187 Å². The highest BCUT2D eigenvalue weighted by Crippen LogP contribution is 2.29. The number of benzene rings is 1. The molecular weight excluding hydrogens is 421 g/mol. The molecule has 7 nitrogen and oxygen atoms in total. The molecule has 2 aromatic rings. The molecular formula is C22H29ClFN5O2. The molecule has 31 heavy (non-hydrogen) atoms. The van der Waals surface area contributed by atoms with Crippen LogP contribution < -0.4 is 10.6 Å². The van der Waals surface area contributed by atoms with Crippen LogP contribution >= 0.6 is 11.6 Å². The lowest BCUT2D eigenvalue weighted by molar-refractivity contribution is -0.124. The first kappa shape index (κ1) is 23.2. The fourth-order valence-corrected chi connectivity index (χ4v) is 3.90. The van der Waals surface area contributed by atoms with Crippen molar-refractivity contribution in [1.29, 1.82) is 0 Å². The number of likely N-dealkylation sites (N-methyl/N-ethyl adjacent to an activating group) is 1. The van der Waals surface area contributed by atoms with Gasteiger partial charge in [-0.2, -0.15) is 0 Å². The summed E-state index contributed by atoms with van der Waals surface area (Å²) in [5.41, 5.74) is 1.04. The van der Waals surface area contributed by atoms with Gasteiger partial charge in [0.05, 0.1) is 10.7 Å². The highest BCUT2D eigenvalue weighted by Gasteiger charge is 2.34. The molecule has 2 amide bonds. The monoisotopic (exact) mass is 449 g/mol. The van der Waals surface area contributed by atoms with Gasteiger partial charge in [-0.1, -0.05) is 32.4 Å². The number of halogens is 2. The third-order valence-corrected chi connectivity index (χ3v) is 5.76. The predicted molar refractivity (Wildman–Crippen MR) is 118 cm³/mol. The zero-order chi connectivity index (χ0) is 22.9. The second-order valence-electron chi connectivity index (χ2n) is 8.99. The molecule has 0 aliphatic carbocycles. The summed E-state index contributed by atoms with van der Waals surface area (Å²) in [5, 5.41) is 5.49. The highest BCUT2D eigenvalue weighted by atomic mass is 35.5. The number of rotatable bonds is 4. The van der Waals surface area contributed by atoms with Crippen LogP contribution in [-0.2, 0) is 17.9 Å². The Morgan fingerprint density at radius 3 is 2.58 bits per heavy atom. The van der Waals surface area contributed by atoms with Gasteiger partial charge >= 0.3 is 0 Å². The molecule has 168 valence electrons. The molecule has 0 saturated heterocycles. The first-order chi connectivity index (χ1) is 14.5. The summed E-state index contributed by atoms with van der Waals surface area (Å²) < 4.78 is 16.1. The third-order valence-electron chi connectivity index (χ3n) is 5.46. The van der Waals surface area contributed by atoms with Crippen molar-refractivity contribution >= 4 is 23.4 Å². The number of amides is 2. The third kappa shape index (κ3) is 4.91. The summed E-state index contributed by atoms with van der Waals surface area (Å²) in [5.74, 6) is -0.731. The van der Waals surface area contributed by atoms with Gasteiger partial charge in [-0.3, -0.25) is 9.59 Å². The summed E-state index contributed by atoms with van der Waals surface area (Å²) in [6, 6.07) is 3.77. The zero-order valence-corrected chi connectivity index (χ0v) is 19.3. The van der Waals surface area contributed by atoms with Crippen LogP contribution in [0, 0.1) is 11.2 Å². The molecule has 2 N–H and O–H groups in total. The minimum Gasteiger partial charge on any atom is -0.357 e. The van der Waals surface area contributed by atoms with E-state index in [0.717, 1.165) is 18.7 Å². The minimum atomic E-state index is -0.734. The Balaban J connectivity index is 2.07. The maximum Gasteiger partial charge on any atom is 0.272 e. The summed E-state index contributed by atoms with van der Waals surface area (Å²) in [6.07, 6.45) is 0.868. The molecule has 1 aromatic heterocycles. The molecule has 1 unspecified atom stereocenters. The van der Waals surface area contributed by atoms with Gasteiger partial charge < -0.3 is 20.1 Å². The van der Waals surface area contributed by atoms with Crippen LogP contribution in [0.2, 0.25) is 5.02 Å². The molecule has 0 spiro atoms. The lowest BCUT2D eigenvalue weighted by atomic mass is 9.86. The largest absolute Gasteiger partial charge is 0.357 e. The first-order valence-corrected chi connectivity index (χ1v) is 10.7. The van der Waals surface area contributed by atoms with Gasteiger partial charge in [0.25, 0.3) is 5.91 Å². The van der Waals surface area contributed by atoms with Crippen molar-refractivity contribution in [2.75, 3.05) is 20.6 Å². The predicted octanol–water partition coefficient (Wildman–Crippen LogP) is 3.07. The van der Waals surface area contributed by atoms with E-state index in [-0.39, 0.29) is 16.6 Å². The van der Waals surface area contributed by atoms with Crippen molar-refractivity contribution in [3.63, 3.8) is 0 Å². The van der Waals surface area contributed by atoms with Crippen molar-refractivity contribution in [3.8, 4) is 11.4 Å².